The first-order chi connectivity index (χ1) is 8.75. The van der Waals surface area contributed by atoms with Gasteiger partial charge in [-0.3, -0.25) is 0 Å². The molecule has 0 bridgehead atoms. The highest BCUT2D eigenvalue weighted by atomic mass is 79.9. The molecule has 88 valence electrons. The summed E-state index contributed by atoms with van der Waals surface area (Å²) in [6.07, 6.45) is 4.29. The van der Waals surface area contributed by atoms with Crippen LogP contribution in [0.5, 0.6) is 0 Å². The molecular weight excluding hydrogens is 352 g/mol. The summed E-state index contributed by atoms with van der Waals surface area (Å²) in [5, 5.41) is 0. The molecule has 0 aromatic heterocycles. The van der Waals surface area contributed by atoms with Gasteiger partial charge in [-0.15, -0.1) is 0 Å². The van der Waals surface area contributed by atoms with Gasteiger partial charge in [0.2, 0.25) is 0 Å². The lowest BCUT2D eigenvalue weighted by Crippen LogP contribution is -1.90. The Balaban J connectivity index is 2.37. The van der Waals surface area contributed by atoms with E-state index in [4.69, 9.17) is 0 Å². The molecule has 1 aliphatic rings. The van der Waals surface area contributed by atoms with Crippen molar-refractivity contribution < 1.29 is 0 Å². The summed E-state index contributed by atoms with van der Waals surface area (Å²) < 4.78 is 2.12. The van der Waals surface area contributed by atoms with Crippen LogP contribution in [0.2, 0.25) is 0 Å². The van der Waals surface area contributed by atoms with Gasteiger partial charge in [-0.1, -0.05) is 48.5 Å². The standard InChI is InChI=1S/C16H10Br2/c17-15-9-11-5-1-3-7-13(11)14-8-4-2-6-12(14)10-16(15)18/h1-10H/b11-9?,12-10?,14-13?,15-9+,16-10+,16-15?. The van der Waals surface area contributed by atoms with Crippen LogP contribution in [-0.2, 0) is 0 Å². The first kappa shape index (κ1) is 11.9. The lowest BCUT2D eigenvalue weighted by molar-refractivity contribution is 1.56. The monoisotopic (exact) mass is 360 g/mol. The van der Waals surface area contributed by atoms with Crippen molar-refractivity contribution in [1.82, 2.24) is 0 Å². The van der Waals surface area contributed by atoms with Crippen LogP contribution >= 0.6 is 31.9 Å². The van der Waals surface area contributed by atoms with Crippen molar-refractivity contribution in [2.75, 3.05) is 0 Å². The molecule has 0 amide bonds. The zero-order valence-electron chi connectivity index (χ0n) is 9.53. The maximum atomic E-state index is 3.61. The van der Waals surface area contributed by atoms with Crippen molar-refractivity contribution in [3.63, 3.8) is 0 Å². The van der Waals surface area contributed by atoms with Gasteiger partial charge in [0, 0.05) is 8.96 Å². The molecule has 0 fully saturated rings. The highest BCUT2D eigenvalue weighted by Gasteiger charge is 2.11. The first-order valence-corrected chi connectivity index (χ1v) is 7.27. The van der Waals surface area contributed by atoms with Crippen LogP contribution in [0.25, 0.3) is 23.3 Å². The Hall–Kier alpha value is -1.12. The highest BCUT2D eigenvalue weighted by Crippen LogP contribution is 2.37. The largest absolute Gasteiger partial charge is 0.0616 e. The number of allylic oxidation sites excluding steroid dienone is 2. The molecular formula is C16H10Br2. The van der Waals surface area contributed by atoms with Gasteiger partial charge in [-0.25, -0.2) is 0 Å². The summed E-state index contributed by atoms with van der Waals surface area (Å²) in [6.45, 7) is 0. The third-order valence-electron chi connectivity index (χ3n) is 3.00. The quantitative estimate of drug-likeness (QED) is 0.553. The fraction of sp³-hybridized carbons (Fsp3) is 0. The van der Waals surface area contributed by atoms with Crippen LogP contribution in [0.15, 0.2) is 57.5 Å². The predicted molar refractivity (Wildman–Crippen MR) is 85.7 cm³/mol. The van der Waals surface area contributed by atoms with Gasteiger partial charge in [0.25, 0.3) is 0 Å². The van der Waals surface area contributed by atoms with E-state index in [1.54, 1.807) is 0 Å². The van der Waals surface area contributed by atoms with E-state index < -0.39 is 0 Å². The van der Waals surface area contributed by atoms with Gasteiger partial charge >= 0.3 is 0 Å². The number of rotatable bonds is 0. The van der Waals surface area contributed by atoms with Gasteiger partial charge < -0.3 is 0 Å². The molecule has 0 N–H and O–H groups in total. The van der Waals surface area contributed by atoms with Gasteiger partial charge in [0.15, 0.2) is 0 Å². The van der Waals surface area contributed by atoms with Crippen LogP contribution in [0.3, 0.4) is 0 Å². The molecule has 0 saturated heterocycles. The number of benzene rings is 2. The minimum absolute atomic E-state index is 1.06. The Kier molecular flexibility index (Phi) is 3.23. The van der Waals surface area contributed by atoms with Gasteiger partial charge in [-0.05, 0) is 66.3 Å². The number of fused-ring (bicyclic) bond motifs is 3. The van der Waals surface area contributed by atoms with E-state index in [1.165, 1.54) is 22.3 Å². The fourth-order valence-corrected chi connectivity index (χ4v) is 2.87. The second-order valence-electron chi connectivity index (χ2n) is 4.16. The molecule has 0 unspecified atom stereocenters. The summed E-state index contributed by atoms with van der Waals surface area (Å²) in [5.41, 5.74) is 4.98. The molecule has 2 aromatic carbocycles. The summed E-state index contributed by atoms with van der Waals surface area (Å²) in [6, 6.07) is 16.9. The normalized spacial score (nSPS) is 19.4. The van der Waals surface area contributed by atoms with Crippen molar-refractivity contribution >= 4 is 44.0 Å². The maximum absolute atomic E-state index is 3.61. The van der Waals surface area contributed by atoms with E-state index in [1.807, 2.05) is 0 Å². The minimum Gasteiger partial charge on any atom is -0.0616 e. The Labute approximate surface area is 123 Å². The summed E-state index contributed by atoms with van der Waals surface area (Å²) in [4.78, 5) is 0. The van der Waals surface area contributed by atoms with Crippen molar-refractivity contribution in [3.8, 4) is 11.1 Å². The zero-order chi connectivity index (χ0) is 12.5. The molecule has 2 heteroatoms. The lowest BCUT2D eigenvalue weighted by atomic mass is 9.93. The van der Waals surface area contributed by atoms with Crippen LogP contribution < -0.4 is 0 Å². The lowest BCUT2D eigenvalue weighted by Gasteiger charge is -2.13. The molecule has 0 saturated carbocycles. The summed E-state index contributed by atoms with van der Waals surface area (Å²) >= 11 is 7.21. The smallest absolute Gasteiger partial charge is 0.0323 e. The molecule has 0 radical (unpaired) electrons. The first-order valence-electron chi connectivity index (χ1n) is 5.69. The predicted octanol–water partition coefficient (Wildman–Crippen LogP) is 5.84. The van der Waals surface area contributed by atoms with Crippen LogP contribution in [-0.4, -0.2) is 0 Å². The third-order valence-corrected chi connectivity index (χ3v) is 4.85. The van der Waals surface area contributed by atoms with E-state index in [2.05, 4.69) is 92.5 Å². The number of halogens is 2. The number of hydrogen-bond donors (Lipinski definition) is 0. The Bertz CT molecular complexity index is 607. The average Bonchev–Trinajstić information content (AvgIpc) is 2.39. The maximum Gasteiger partial charge on any atom is 0.0323 e. The van der Waals surface area contributed by atoms with Crippen molar-refractivity contribution in [2.24, 2.45) is 0 Å². The van der Waals surface area contributed by atoms with Crippen molar-refractivity contribution in [2.45, 2.75) is 0 Å². The zero-order valence-corrected chi connectivity index (χ0v) is 12.7. The van der Waals surface area contributed by atoms with Crippen LogP contribution in [0.1, 0.15) is 11.1 Å². The van der Waals surface area contributed by atoms with Crippen LogP contribution in [0.4, 0.5) is 0 Å². The van der Waals surface area contributed by atoms with Crippen molar-refractivity contribution in [3.05, 3.63) is 68.6 Å². The third kappa shape index (κ3) is 2.11. The Morgan fingerprint density at radius 1 is 0.556 bits per heavy atom. The van der Waals surface area contributed by atoms with E-state index in [9.17, 15) is 0 Å². The second kappa shape index (κ2) is 4.87. The minimum atomic E-state index is 1.06. The molecule has 0 heterocycles. The second-order valence-corrected chi connectivity index (χ2v) is 5.87. The van der Waals surface area contributed by atoms with Crippen LogP contribution in [0, 0.1) is 0 Å². The molecule has 0 aliphatic heterocycles. The van der Waals surface area contributed by atoms with E-state index in [-0.39, 0.29) is 0 Å². The molecule has 1 aliphatic carbocycles. The molecule has 3 rings (SSSR count). The van der Waals surface area contributed by atoms with Gasteiger partial charge in [0.1, 0.15) is 0 Å². The number of hydrogen-bond acceptors (Lipinski definition) is 0. The SMILES string of the molecule is BrC1=C/c2ccccc2-c2ccccc2/C=C\1Br. The topological polar surface area (TPSA) is 0 Å². The van der Waals surface area contributed by atoms with E-state index >= 15 is 0 Å². The molecule has 18 heavy (non-hydrogen) atoms. The van der Waals surface area contributed by atoms with Gasteiger partial charge in [-0.2, -0.15) is 0 Å². The fourth-order valence-electron chi connectivity index (χ4n) is 2.15. The summed E-state index contributed by atoms with van der Waals surface area (Å²) in [7, 11) is 0. The highest BCUT2D eigenvalue weighted by molar-refractivity contribution is 9.15. The molecule has 2 aromatic rings. The Morgan fingerprint density at radius 3 is 1.39 bits per heavy atom. The Morgan fingerprint density at radius 2 is 0.944 bits per heavy atom. The molecule has 0 spiro atoms. The summed E-state index contributed by atoms with van der Waals surface area (Å²) in [5.74, 6) is 0. The van der Waals surface area contributed by atoms with Gasteiger partial charge in [0.05, 0.1) is 0 Å². The molecule has 0 nitrogen and oxygen atoms in total. The van der Waals surface area contributed by atoms with E-state index in [0.29, 0.717) is 0 Å². The average molecular weight is 362 g/mol. The van der Waals surface area contributed by atoms with Crippen molar-refractivity contribution in [1.29, 1.82) is 0 Å². The van der Waals surface area contributed by atoms with E-state index in [0.717, 1.165) is 8.96 Å². The molecule has 0 atom stereocenters.